The van der Waals surface area contributed by atoms with Gasteiger partial charge in [-0.25, -0.2) is 0 Å². The first kappa shape index (κ1) is 14.1. The summed E-state index contributed by atoms with van der Waals surface area (Å²) in [6.45, 7) is 5.07. The lowest BCUT2D eigenvalue weighted by Crippen LogP contribution is -2.31. The first-order valence-corrected chi connectivity index (χ1v) is 7.00. The lowest BCUT2D eigenvalue weighted by atomic mass is 9.88. The summed E-state index contributed by atoms with van der Waals surface area (Å²) >= 11 is 0. The molecule has 0 aliphatic heterocycles. The average Bonchev–Trinajstić information content (AvgIpc) is 2.83. The molecule has 1 aliphatic carbocycles. The predicted molar refractivity (Wildman–Crippen MR) is 70.9 cm³/mol. The van der Waals surface area contributed by atoms with E-state index < -0.39 is 0 Å². The summed E-state index contributed by atoms with van der Waals surface area (Å²) in [5.41, 5.74) is 0.706. The zero-order valence-electron chi connectivity index (χ0n) is 11.6. The number of nitrogens with zero attached hydrogens (tertiary/aromatic N) is 1. The Morgan fingerprint density at radius 3 is 3.00 bits per heavy atom. The number of carbonyl (C=O) groups is 1. The monoisotopic (exact) mass is 266 g/mol. The molecule has 5 heteroatoms. The van der Waals surface area contributed by atoms with Crippen molar-refractivity contribution in [3.05, 3.63) is 17.5 Å². The number of rotatable bonds is 5. The quantitative estimate of drug-likeness (QED) is 0.831. The zero-order valence-corrected chi connectivity index (χ0v) is 11.6. The van der Waals surface area contributed by atoms with Gasteiger partial charge in [-0.1, -0.05) is 24.9 Å². The third kappa shape index (κ3) is 4.06. The van der Waals surface area contributed by atoms with Crippen LogP contribution >= 0.6 is 0 Å². The maximum Gasteiger partial charge on any atom is 0.289 e. The van der Waals surface area contributed by atoms with Gasteiger partial charge in [-0.05, 0) is 25.7 Å². The van der Waals surface area contributed by atoms with Gasteiger partial charge in [0.2, 0.25) is 5.76 Å². The summed E-state index contributed by atoms with van der Waals surface area (Å²) < 4.78 is 10.7. The molecule has 1 aliphatic rings. The Morgan fingerprint density at radius 2 is 2.32 bits per heavy atom. The van der Waals surface area contributed by atoms with Crippen molar-refractivity contribution in [1.82, 2.24) is 10.5 Å². The summed E-state index contributed by atoms with van der Waals surface area (Å²) in [5.74, 6) is 0.644. The van der Waals surface area contributed by atoms with Crippen molar-refractivity contribution in [3.63, 3.8) is 0 Å². The highest BCUT2D eigenvalue weighted by molar-refractivity contribution is 5.91. The van der Waals surface area contributed by atoms with Gasteiger partial charge < -0.3 is 14.6 Å². The standard InChI is InChI=1S/C14H22N2O3/c1-10-5-3-4-6-12(10)18-8-7-15-14(17)13-9-11(2)16-19-13/h9-10,12H,3-8H2,1-2H3,(H,15,17). The topological polar surface area (TPSA) is 64.4 Å². The second-order valence-corrected chi connectivity index (χ2v) is 5.26. The van der Waals surface area contributed by atoms with Crippen molar-refractivity contribution in [1.29, 1.82) is 0 Å². The summed E-state index contributed by atoms with van der Waals surface area (Å²) in [7, 11) is 0. The molecular formula is C14H22N2O3. The van der Waals surface area contributed by atoms with E-state index in [9.17, 15) is 4.79 Å². The minimum Gasteiger partial charge on any atom is -0.376 e. The van der Waals surface area contributed by atoms with Gasteiger partial charge in [0, 0.05) is 12.6 Å². The molecule has 1 amide bonds. The van der Waals surface area contributed by atoms with Crippen LogP contribution in [-0.4, -0.2) is 30.3 Å². The van der Waals surface area contributed by atoms with Crippen molar-refractivity contribution in [3.8, 4) is 0 Å². The molecule has 0 radical (unpaired) electrons. The molecule has 1 aromatic rings. The molecule has 19 heavy (non-hydrogen) atoms. The smallest absolute Gasteiger partial charge is 0.289 e. The van der Waals surface area contributed by atoms with Crippen LogP contribution in [0.25, 0.3) is 0 Å². The number of ether oxygens (including phenoxy) is 1. The van der Waals surface area contributed by atoms with Crippen LogP contribution in [0.15, 0.2) is 10.6 Å². The SMILES string of the molecule is Cc1cc(C(=O)NCCOC2CCCCC2C)on1. The van der Waals surface area contributed by atoms with E-state index >= 15 is 0 Å². The molecule has 0 aromatic carbocycles. The fraction of sp³-hybridized carbons (Fsp3) is 0.714. The normalized spacial score (nSPS) is 23.3. The number of nitrogens with one attached hydrogen (secondary N) is 1. The van der Waals surface area contributed by atoms with Crippen LogP contribution in [0.5, 0.6) is 0 Å². The number of hydrogen-bond donors (Lipinski definition) is 1. The summed E-state index contributed by atoms with van der Waals surface area (Å²) in [6, 6.07) is 1.62. The van der Waals surface area contributed by atoms with Crippen LogP contribution in [0.3, 0.4) is 0 Å². The van der Waals surface area contributed by atoms with E-state index in [1.165, 1.54) is 19.3 Å². The molecule has 1 heterocycles. The second-order valence-electron chi connectivity index (χ2n) is 5.26. The Bertz CT molecular complexity index is 417. The van der Waals surface area contributed by atoms with Crippen molar-refractivity contribution < 1.29 is 14.1 Å². The maximum absolute atomic E-state index is 11.7. The van der Waals surface area contributed by atoms with E-state index in [1.807, 2.05) is 0 Å². The lowest BCUT2D eigenvalue weighted by molar-refractivity contribution is -0.00302. The molecule has 0 spiro atoms. The molecule has 1 fully saturated rings. The zero-order chi connectivity index (χ0) is 13.7. The molecule has 1 aromatic heterocycles. The predicted octanol–water partition coefficient (Wildman–Crippen LogP) is 2.31. The number of carbonyl (C=O) groups excluding carboxylic acids is 1. The fourth-order valence-electron chi connectivity index (χ4n) is 2.46. The Kier molecular flexibility index (Phi) is 4.96. The molecule has 0 bridgehead atoms. The lowest BCUT2D eigenvalue weighted by Gasteiger charge is -2.28. The largest absolute Gasteiger partial charge is 0.376 e. The van der Waals surface area contributed by atoms with Gasteiger partial charge in [-0.3, -0.25) is 4.79 Å². The third-order valence-electron chi connectivity index (χ3n) is 3.60. The first-order valence-electron chi connectivity index (χ1n) is 7.00. The van der Waals surface area contributed by atoms with Crippen LogP contribution in [0, 0.1) is 12.8 Å². The van der Waals surface area contributed by atoms with E-state index in [-0.39, 0.29) is 11.7 Å². The Balaban J connectivity index is 1.65. The van der Waals surface area contributed by atoms with Crippen LogP contribution in [-0.2, 0) is 4.74 Å². The molecule has 1 N–H and O–H groups in total. The Labute approximate surface area is 113 Å². The van der Waals surface area contributed by atoms with Gasteiger partial charge in [0.25, 0.3) is 5.91 Å². The van der Waals surface area contributed by atoms with Gasteiger partial charge in [-0.2, -0.15) is 0 Å². The molecule has 2 rings (SSSR count). The molecule has 5 nitrogen and oxygen atoms in total. The minimum atomic E-state index is -0.235. The highest BCUT2D eigenvalue weighted by Gasteiger charge is 2.21. The number of hydrogen-bond acceptors (Lipinski definition) is 4. The van der Waals surface area contributed by atoms with Gasteiger partial charge >= 0.3 is 0 Å². The molecule has 2 atom stereocenters. The fourth-order valence-corrected chi connectivity index (χ4v) is 2.46. The van der Waals surface area contributed by atoms with Gasteiger partial charge in [0.1, 0.15) is 0 Å². The summed E-state index contributed by atoms with van der Waals surface area (Å²) in [4.78, 5) is 11.7. The summed E-state index contributed by atoms with van der Waals surface area (Å²) in [6.07, 6.45) is 5.28. The highest BCUT2D eigenvalue weighted by Crippen LogP contribution is 2.25. The van der Waals surface area contributed by atoms with Crippen molar-refractivity contribution in [2.45, 2.75) is 45.6 Å². The van der Waals surface area contributed by atoms with E-state index in [2.05, 4.69) is 17.4 Å². The van der Waals surface area contributed by atoms with Crippen molar-refractivity contribution in [2.75, 3.05) is 13.2 Å². The second kappa shape index (κ2) is 6.70. The highest BCUT2D eigenvalue weighted by atomic mass is 16.5. The van der Waals surface area contributed by atoms with Crippen LogP contribution < -0.4 is 5.32 Å². The van der Waals surface area contributed by atoms with Gasteiger partial charge in [0.05, 0.1) is 18.4 Å². The number of amides is 1. The summed E-state index contributed by atoms with van der Waals surface area (Å²) in [5, 5.41) is 6.45. The maximum atomic E-state index is 11.7. The van der Waals surface area contributed by atoms with Crippen LogP contribution in [0.2, 0.25) is 0 Å². The average molecular weight is 266 g/mol. The van der Waals surface area contributed by atoms with Crippen molar-refractivity contribution in [2.24, 2.45) is 5.92 Å². The molecular weight excluding hydrogens is 244 g/mol. The van der Waals surface area contributed by atoms with E-state index in [1.54, 1.807) is 13.0 Å². The molecule has 2 unspecified atom stereocenters. The first-order chi connectivity index (χ1) is 9.16. The third-order valence-corrected chi connectivity index (χ3v) is 3.60. The number of aryl methyl sites for hydroxylation is 1. The van der Waals surface area contributed by atoms with Crippen molar-refractivity contribution >= 4 is 5.91 Å². The molecule has 0 saturated heterocycles. The van der Waals surface area contributed by atoms with Crippen LogP contribution in [0.4, 0.5) is 0 Å². The van der Waals surface area contributed by atoms with Crippen LogP contribution in [0.1, 0.15) is 48.9 Å². The van der Waals surface area contributed by atoms with E-state index in [0.29, 0.717) is 30.9 Å². The molecule has 106 valence electrons. The molecule has 1 saturated carbocycles. The Hall–Kier alpha value is -1.36. The minimum absolute atomic E-state index is 0.235. The van der Waals surface area contributed by atoms with E-state index in [0.717, 1.165) is 6.42 Å². The number of aromatic nitrogens is 1. The Morgan fingerprint density at radius 1 is 1.53 bits per heavy atom. The van der Waals surface area contributed by atoms with E-state index in [4.69, 9.17) is 9.26 Å². The van der Waals surface area contributed by atoms with Gasteiger partial charge in [0.15, 0.2) is 0 Å². The van der Waals surface area contributed by atoms with Gasteiger partial charge in [-0.15, -0.1) is 0 Å².